The zero-order chi connectivity index (χ0) is 7.86. The first-order valence-corrected chi connectivity index (χ1v) is 2.21. The van der Waals surface area contributed by atoms with E-state index in [2.05, 4.69) is 10.9 Å². The number of carbonyl (C=O) groups is 1. The van der Waals surface area contributed by atoms with Crippen molar-refractivity contribution in [2.45, 2.75) is 13.8 Å². The Bertz CT molecular complexity index is 102. The standard InChI is InChI=1S/C2H6N2O.C2H5NO/c1-2(3)4-5;1-2(3)4/h5H,1H3,(H2,3,4);1H3,(H2,3,4). The second kappa shape index (κ2) is 6.74. The Morgan fingerprint density at radius 2 is 1.56 bits per heavy atom. The molecule has 5 heteroatoms. The first-order chi connectivity index (χ1) is 4.00. The van der Waals surface area contributed by atoms with Crippen molar-refractivity contribution in [3.63, 3.8) is 0 Å². The number of nitrogens with two attached hydrogens (primary N) is 2. The van der Waals surface area contributed by atoms with E-state index in [0.717, 1.165) is 0 Å². The van der Waals surface area contributed by atoms with Crippen LogP contribution in [0.25, 0.3) is 0 Å². The van der Waals surface area contributed by atoms with Crippen LogP contribution in [0.1, 0.15) is 13.8 Å². The molecule has 0 saturated heterocycles. The van der Waals surface area contributed by atoms with Crippen LogP contribution in [0.3, 0.4) is 0 Å². The van der Waals surface area contributed by atoms with Gasteiger partial charge in [-0.2, -0.15) is 0 Å². The quantitative estimate of drug-likeness (QED) is 0.175. The number of amidine groups is 1. The van der Waals surface area contributed by atoms with Gasteiger partial charge in [-0.05, 0) is 6.92 Å². The summed E-state index contributed by atoms with van der Waals surface area (Å²) in [6, 6.07) is 0. The van der Waals surface area contributed by atoms with Gasteiger partial charge in [0.1, 0.15) is 5.84 Å². The number of nitrogens with zero attached hydrogens (tertiary/aromatic N) is 1. The van der Waals surface area contributed by atoms with Crippen molar-refractivity contribution in [2.24, 2.45) is 16.6 Å². The Morgan fingerprint density at radius 3 is 1.56 bits per heavy atom. The molecule has 0 aliphatic carbocycles. The maximum atomic E-state index is 9.22. The number of hydrogen-bond donors (Lipinski definition) is 3. The second-order valence-electron chi connectivity index (χ2n) is 1.35. The van der Waals surface area contributed by atoms with E-state index >= 15 is 0 Å². The first-order valence-electron chi connectivity index (χ1n) is 2.21. The smallest absolute Gasteiger partial charge is 0.214 e. The molecule has 0 atom stereocenters. The van der Waals surface area contributed by atoms with E-state index in [1.807, 2.05) is 0 Å². The van der Waals surface area contributed by atoms with Crippen LogP contribution < -0.4 is 11.5 Å². The second-order valence-corrected chi connectivity index (χ2v) is 1.35. The highest BCUT2D eigenvalue weighted by molar-refractivity contribution is 5.76. The third-order valence-corrected chi connectivity index (χ3v) is 0.158. The van der Waals surface area contributed by atoms with Crippen LogP contribution in [0.5, 0.6) is 0 Å². The lowest BCUT2D eigenvalue weighted by Gasteiger charge is -1.73. The Labute approximate surface area is 53.3 Å². The maximum absolute atomic E-state index is 9.22. The minimum absolute atomic E-state index is 0.185. The number of hydrogen-bond acceptors (Lipinski definition) is 3. The molecule has 0 spiro atoms. The highest BCUT2D eigenvalue weighted by Gasteiger charge is 1.64. The summed E-state index contributed by atoms with van der Waals surface area (Å²) in [6.07, 6.45) is 0. The topological polar surface area (TPSA) is 102 Å². The molecule has 9 heavy (non-hydrogen) atoms. The monoisotopic (exact) mass is 133 g/mol. The van der Waals surface area contributed by atoms with Crippen molar-refractivity contribution in [1.29, 1.82) is 0 Å². The van der Waals surface area contributed by atoms with E-state index in [9.17, 15) is 4.79 Å². The van der Waals surface area contributed by atoms with Gasteiger partial charge in [0.05, 0.1) is 0 Å². The van der Waals surface area contributed by atoms with E-state index in [0.29, 0.717) is 0 Å². The molecule has 0 bridgehead atoms. The third kappa shape index (κ3) is 277. The van der Waals surface area contributed by atoms with E-state index in [4.69, 9.17) is 10.9 Å². The molecule has 0 rings (SSSR count). The summed E-state index contributed by atoms with van der Waals surface area (Å²) in [4.78, 5) is 9.22. The zero-order valence-electron chi connectivity index (χ0n) is 5.46. The molecule has 0 fully saturated rings. The molecule has 5 nitrogen and oxygen atoms in total. The summed E-state index contributed by atoms with van der Waals surface area (Å²) < 4.78 is 0. The van der Waals surface area contributed by atoms with Gasteiger partial charge in [-0.1, -0.05) is 5.16 Å². The van der Waals surface area contributed by atoms with Crippen molar-refractivity contribution >= 4 is 11.7 Å². The highest BCUT2D eigenvalue weighted by Crippen LogP contribution is 1.51. The fraction of sp³-hybridized carbons (Fsp3) is 0.500. The summed E-state index contributed by atoms with van der Waals surface area (Å²) in [5.41, 5.74) is 9.26. The van der Waals surface area contributed by atoms with Crippen molar-refractivity contribution in [2.75, 3.05) is 0 Å². The number of primary amides is 1. The van der Waals surface area contributed by atoms with Gasteiger partial charge in [0, 0.05) is 6.92 Å². The minimum atomic E-state index is -0.333. The lowest BCUT2D eigenvalue weighted by atomic mass is 10.7. The fourth-order valence-corrected chi connectivity index (χ4v) is 0. The van der Waals surface area contributed by atoms with Crippen LogP contribution >= 0.6 is 0 Å². The highest BCUT2D eigenvalue weighted by atomic mass is 16.4. The van der Waals surface area contributed by atoms with Gasteiger partial charge in [-0.3, -0.25) is 4.79 Å². The van der Waals surface area contributed by atoms with Gasteiger partial charge in [0.15, 0.2) is 0 Å². The van der Waals surface area contributed by atoms with Crippen molar-refractivity contribution in [3.05, 3.63) is 0 Å². The first kappa shape index (κ1) is 10.7. The predicted molar refractivity (Wildman–Crippen MR) is 34.0 cm³/mol. The normalized spacial score (nSPS) is 9.33. The molecule has 0 aromatic rings. The summed E-state index contributed by atoms with van der Waals surface area (Å²) in [5.74, 6) is -0.148. The number of carbonyl (C=O) groups excluding carboxylic acids is 1. The number of amides is 1. The Kier molecular flexibility index (Phi) is 7.99. The molecule has 54 valence electrons. The van der Waals surface area contributed by atoms with Crippen LogP contribution in [-0.2, 0) is 4.79 Å². The largest absolute Gasteiger partial charge is 0.409 e. The van der Waals surface area contributed by atoms with Crippen molar-refractivity contribution in [1.82, 2.24) is 0 Å². The van der Waals surface area contributed by atoms with Crippen molar-refractivity contribution in [3.8, 4) is 0 Å². The molecule has 0 saturated carbocycles. The van der Waals surface area contributed by atoms with Crippen molar-refractivity contribution < 1.29 is 10.0 Å². The van der Waals surface area contributed by atoms with E-state index in [1.165, 1.54) is 13.8 Å². The Balaban J connectivity index is 0. The predicted octanol–water partition coefficient (Wildman–Crippen LogP) is -0.756. The van der Waals surface area contributed by atoms with E-state index in [-0.39, 0.29) is 11.7 Å². The van der Waals surface area contributed by atoms with Gasteiger partial charge in [-0.25, -0.2) is 0 Å². The maximum Gasteiger partial charge on any atom is 0.214 e. The molecular formula is C4H11N3O2. The van der Waals surface area contributed by atoms with E-state index in [1.54, 1.807) is 0 Å². The molecule has 0 aromatic carbocycles. The summed E-state index contributed by atoms with van der Waals surface area (Å²) in [6.45, 7) is 2.81. The Morgan fingerprint density at radius 1 is 1.44 bits per heavy atom. The van der Waals surface area contributed by atoms with Gasteiger partial charge in [-0.15, -0.1) is 0 Å². The average molecular weight is 133 g/mol. The summed E-state index contributed by atoms with van der Waals surface area (Å²) in [5, 5.41) is 10.2. The molecular weight excluding hydrogens is 122 g/mol. The lowest BCUT2D eigenvalue weighted by molar-refractivity contribution is -0.115. The van der Waals surface area contributed by atoms with Gasteiger partial charge in [0.25, 0.3) is 0 Å². The molecule has 0 aliphatic heterocycles. The molecule has 0 unspecified atom stereocenters. The molecule has 5 N–H and O–H groups in total. The minimum Gasteiger partial charge on any atom is -0.409 e. The summed E-state index contributed by atoms with van der Waals surface area (Å²) >= 11 is 0. The Hall–Kier alpha value is -1.26. The van der Waals surface area contributed by atoms with Gasteiger partial charge >= 0.3 is 0 Å². The van der Waals surface area contributed by atoms with Gasteiger partial charge < -0.3 is 16.7 Å². The molecule has 0 aromatic heterocycles. The van der Waals surface area contributed by atoms with Crippen LogP contribution in [0, 0.1) is 0 Å². The molecule has 0 heterocycles. The number of rotatable bonds is 0. The fourth-order valence-electron chi connectivity index (χ4n) is 0. The van der Waals surface area contributed by atoms with Gasteiger partial charge in [0.2, 0.25) is 5.91 Å². The van der Waals surface area contributed by atoms with Crippen LogP contribution in [-0.4, -0.2) is 17.0 Å². The lowest BCUT2D eigenvalue weighted by Crippen LogP contribution is -2.03. The van der Waals surface area contributed by atoms with Crippen LogP contribution in [0.2, 0.25) is 0 Å². The average Bonchev–Trinajstić information content (AvgIpc) is 1.65. The summed E-state index contributed by atoms with van der Waals surface area (Å²) in [7, 11) is 0. The molecule has 0 aliphatic rings. The SMILES string of the molecule is C/C(N)=N\O.CC(N)=O. The van der Waals surface area contributed by atoms with Crippen LogP contribution in [0.15, 0.2) is 5.16 Å². The van der Waals surface area contributed by atoms with E-state index < -0.39 is 0 Å². The zero-order valence-corrected chi connectivity index (χ0v) is 5.46. The number of oxime groups is 1. The van der Waals surface area contributed by atoms with Crippen LogP contribution in [0.4, 0.5) is 0 Å². The third-order valence-electron chi connectivity index (χ3n) is 0.158. The molecule has 0 radical (unpaired) electrons. The molecule has 1 amide bonds.